The molecule has 0 aliphatic carbocycles. The summed E-state index contributed by atoms with van der Waals surface area (Å²) in [4.78, 5) is 28.6. The molecule has 0 fully saturated rings. The van der Waals surface area contributed by atoms with E-state index in [0.717, 1.165) is 4.68 Å². The molecule has 0 radical (unpaired) electrons. The van der Waals surface area contributed by atoms with E-state index in [-0.39, 0.29) is 33.8 Å². The predicted molar refractivity (Wildman–Crippen MR) is 88.0 cm³/mol. The fourth-order valence-corrected chi connectivity index (χ4v) is 2.27. The van der Waals surface area contributed by atoms with Crippen LogP contribution in [0.5, 0.6) is 0 Å². The first-order valence-electron chi connectivity index (χ1n) is 6.96. The topological polar surface area (TPSA) is 100 Å². The van der Waals surface area contributed by atoms with Crippen LogP contribution in [0.4, 0.5) is 0 Å². The summed E-state index contributed by atoms with van der Waals surface area (Å²) in [5.74, 6) is -0.0996. The van der Waals surface area contributed by atoms with Crippen LogP contribution in [0.3, 0.4) is 0 Å². The van der Waals surface area contributed by atoms with Crippen molar-refractivity contribution in [3.05, 3.63) is 68.1 Å². The highest BCUT2D eigenvalue weighted by Crippen LogP contribution is 2.18. The largest absolute Gasteiger partial charge is 0.452 e. The van der Waals surface area contributed by atoms with E-state index in [9.17, 15) is 9.59 Å². The summed E-state index contributed by atoms with van der Waals surface area (Å²) < 4.78 is 11.0. The van der Waals surface area contributed by atoms with Crippen molar-refractivity contribution in [1.29, 1.82) is 0 Å². The van der Waals surface area contributed by atoms with Gasteiger partial charge >= 0.3 is 5.97 Å². The smallest absolute Gasteiger partial charge is 0.340 e. The number of carbonyl (C=O) groups is 1. The molecule has 0 N–H and O–H groups in total. The van der Waals surface area contributed by atoms with Crippen molar-refractivity contribution in [2.24, 2.45) is 0 Å². The number of nitrogens with zero attached hydrogens (tertiary/aromatic N) is 4. The fraction of sp³-hybridized carbons (Fsp3) is 0.133. The lowest BCUT2D eigenvalue weighted by Crippen LogP contribution is -2.23. The van der Waals surface area contributed by atoms with Gasteiger partial charge in [-0.25, -0.2) is 4.79 Å². The summed E-state index contributed by atoms with van der Waals surface area (Å²) in [5.41, 5.74) is -0.327. The number of ether oxygens (including phenoxy) is 1. The number of aromatic nitrogens is 4. The molecule has 0 unspecified atom stereocenters. The third-order valence-corrected chi connectivity index (χ3v) is 3.87. The van der Waals surface area contributed by atoms with Crippen molar-refractivity contribution in [2.75, 3.05) is 0 Å². The second-order valence-corrected chi connectivity index (χ2v) is 5.64. The zero-order chi connectivity index (χ0) is 18.0. The minimum Gasteiger partial charge on any atom is -0.452 e. The van der Waals surface area contributed by atoms with Gasteiger partial charge in [-0.1, -0.05) is 40.5 Å². The Kier molecular flexibility index (Phi) is 4.82. The van der Waals surface area contributed by atoms with Gasteiger partial charge in [0, 0.05) is 0 Å². The van der Waals surface area contributed by atoms with Crippen LogP contribution in [-0.4, -0.2) is 25.9 Å². The maximum absolute atomic E-state index is 12.4. The van der Waals surface area contributed by atoms with Gasteiger partial charge < -0.3 is 9.26 Å². The SMILES string of the molecule is Cc1noc(COC(=O)c2ccccc2-n2ncc(Cl)c(Cl)c2=O)n1. The summed E-state index contributed by atoms with van der Waals surface area (Å²) in [6.45, 7) is 1.45. The molecule has 128 valence electrons. The Hall–Kier alpha value is -2.71. The standard InChI is InChI=1S/C15H10Cl2N4O4/c1-8-19-12(25-20-8)7-24-15(23)9-4-2-3-5-11(9)21-14(22)13(17)10(16)6-18-21/h2-6H,7H2,1H3. The third-order valence-electron chi connectivity index (χ3n) is 3.12. The van der Waals surface area contributed by atoms with Crippen LogP contribution in [0.15, 0.2) is 39.8 Å². The normalized spacial score (nSPS) is 10.7. The minimum atomic E-state index is -0.689. The highest BCUT2D eigenvalue weighted by molar-refractivity contribution is 6.41. The first kappa shape index (κ1) is 17.1. The van der Waals surface area contributed by atoms with Crippen molar-refractivity contribution in [2.45, 2.75) is 13.5 Å². The van der Waals surface area contributed by atoms with E-state index in [1.807, 2.05) is 0 Å². The van der Waals surface area contributed by atoms with Gasteiger partial charge in [0.15, 0.2) is 12.4 Å². The number of aryl methyl sites for hydroxylation is 1. The van der Waals surface area contributed by atoms with E-state index < -0.39 is 11.5 Å². The predicted octanol–water partition coefficient (Wildman–Crippen LogP) is 2.59. The molecule has 3 rings (SSSR count). The lowest BCUT2D eigenvalue weighted by molar-refractivity contribution is 0.0429. The van der Waals surface area contributed by atoms with Crippen LogP contribution in [0, 0.1) is 6.92 Å². The number of benzene rings is 1. The lowest BCUT2D eigenvalue weighted by Gasteiger charge is -2.10. The van der Waals surface area contributed by atoms with Crippen molar-refractivity contribution < 1.29 is 14.1 Å². The van der Waals surface area contributed by atoms with E-state index in [2.05, 4.69) is 15.2 Å². The number of hydrogen-bond acceptors (Lipinski definition) is 7. The van der Waals surface area contributed by atoms with E-state index >= 15 is 0 Å². The lowest BCUT2D eigenvalue weighted by atomic mass is 10.2. The van der Waals surface area contributed by atoms with Crippen molar-refractivity contribution in [3.8, 4) is 5.69 Å². The molecule has 25 heavy (non-hydrogen) atoms. The minimum absolute atomic E-state index is 0.0229. The molecule has 1 aromatic carbocycles. The van der Waals surface area contributed by atoms with Crippen LogP contribution in [0.25, 0.3) is 5.69 Å². The van der Waals surface area contributed by atoms with Crippen molar-refractivity contribution in [3.63, 3.8) is 0 Å². The van der Waals surface area contributed by atoms with Crippen molar-refractivity contribution in [1.82, 2.24) is 19.9 Å². The zero-order valence-electron chi connectivity index (χ0n) is 12.8. The third kappa shape index (κ3) is 3.54. The highest BCUT2D eigenvalue weighted by Gasteiger charge is 2.18. The summed E-state index contributed by atoms with van der Waals surface area (Å²) in [5, 5.41) is 7.34. The molecular formula is C15H10Cl2N4O4. The molecule has 0 amide bonds. The molecule has 0 saturated carbocycles. The van der Waals surface area contributed by atoms with Gasteiger partial charge in [-0.05, 0) is 19.1 Å². The molecule has 0 aliphatic heterocycles. The Morgan fingerprint density at radius 1 is 1.32 bits per heavy atom. The summed E-state index contributed by atoms with van der Waals surface area (Å²) in [6, 6.07) is 6.29. The van der Waals surface area contributed by atoms with Crippen LogP contribution in [-0.2, 0) is 11.3 Å². The van der Waals surface area contributed by atoms with Gasteiger partial charge in [0.05, 0.1) is 22.5 Å². The van der Waals surface area contributed by atoms with E-state index in [0.29, 0.717) is 5.82 Å². The van der Waals surface area contributed by atoms with Gasteiger partial charge in [0.1, 0.15) is 5.02 Å². The Morgan fingerprint density at radius 3 is 2.80 bits per heavy atom. The Balaban J connectivity index is 1.92. The second kappa shape index (κ2) is 7.04. The van der Waals surface area contributed by atoms with Crippen LogP contribution < -0.4 is 5.56 Å². The maximum atomic E-state index is 12.4. The van der Waals surface area contributed by atoms with Crippen LogP contribution in [0.1, 0.15) is 22.1 Å². The highest BCUT2D eigenvalue weighted by atomic mass is 35.5. The first-order chi connectivity index (χ1) is 12.0. The van der Waals surface area contributed by atoms with Crippen molar-refractivity contribution >= 4 is 29.2 Å². The van der Waals surface area contributed by atoms with E-state index in [1.54, 1.807) is 19.1 Å². The number of halogens is 2. The molecule has 0 atom stereocenters. The van der Waals surface area contributed by atoms with E-state index in [1.165, 1.54) is 18.3 Å². The number of hydrogen-bond donors (Lipinski definition) is 0. The Morgan fingerprint density at radius 2 is 2.08 bits per heavy atom. The van der Waals surface area contributed by atoms with Gasteiger partial charge in [0.25, 0.3) is 11.4 Å². The summed E-state index contributed by atoms with van der Waals surface area (Å²) in [7, 11) is 0. The average molecular weight is 381 g/mol. The van der Waals surface area contributed by atoms with Gasteiger partial charge in [-0.2, -0.15) is 14.8 Å². The van der Waals surface area contributed by atoms with E-state index in [4.69, 9.17) is 32.5 Å². The van der Waals surface area contributed by atoms with Gasteiger partial charge in [-0.15, -0.1) is 0 Å². The second-order valence-electron chi connectivity index (χ2n) is 4.85. The van der Waals surface area contributed by atoms with Gasteiger partial charge in [-0.3, -0.25) is 4.79 Å². The maximum Gasteiger partial charge on any atom is 0.340 e. The number of esters is 1. The summed E-state index contributed by atoms with van der Waals surface area (Å²) >= 11 is 11.6. The molecule has 3 aromatic rings. The van der Waals surface area contributed by atoms with Crippen LogP contribution in [0.2, 0.25) is 10.0 Å². The molecule has 0 saturated heterocycles. The number of carbonyl (C=O) groups excluding carboxylic acids is 1. The first-order valence-corrected chi connectivity index (χ1v) is 7.72. The molecule has 10 heteroatoms. The monoisotopic (exact) mass is 380 g/mol. The van der Waals surface area contributed by atoms with Crippen LogP contribution >= 0.6 is 23.2 Å². The molecule has 2 heterocycles. The molecule has 0 bridgehead atoms. The fourth-order valence-electron chi connectivity index (χ4n) is 2.02. The Bertz CT molecular complexity index is 999. The molecule has 8 nitrogen and oxygen atoms in total. The molecule has 2 aromatic heterocycles. The Labute approximate surface area is 150 Å². The zero-order valence-corrected chi connectivity index (χ0v) is 14.3. The number of rotatable bonds is 4. The molecule has 0 aliphatic rings. The van der Waals surface area contributed by atoms with Gasteiger partial charge in [0.2, 0.25) is 0 Å². The molecular weight excluding hydrogens is 371 g/mol. The quantitative estimate of drug-likeness (QED) is 0.641. The number of para-hydroxylation sites is 1. The average Bonchev–Trinajstić information content (AvgIpc) is 3.03. The summed E-state index contributed by atoms with van der Waals surface area (Å²) in [6.07, 6.45) is 1.22. The molecule has 0 spiro atoms.